The summed E-state index contributed by atoms with van der Waals surface area (Å²) in [6.07, 6.45) is 7.30. The fourth-order valence-corrected chi connectivity index (χ4v) is 3.91. The van der Waals surface area contributed by atoms with Crippen molar-refractivity contribution in [3.63, 3.8) is 0 Å². The summed E-state index contributed by atoms with van der Waals surface area (Å²) in [5, 5.41) is 0. The van der Waals surface area contributed by atoms with E-state index in [-0.39, 0.29) is 0 Å². The van der Waals surface area contributed by atoms with E-state index in [0.29, 0.717) is 12.6 Å². The standard InChI is InChI=1S/C20H23N6.Al.2H/c1-17(13-21-14-18-7-2-4-9-22-18)26(15-19-8-3-5-10-23-19)16-20-24-11-6-12-25-20;;;/h2-12,17H,13-16H2,1H3;;;/q-1;+1;;. The number of hydrogen-bond donors (Lipinski definition) is 0. The summed E-state index contributed by atoms with van der Waals surface area (Å²) in [5.74, 6) is 0.838. The van der Waals surface area contributed by atoms with Gasteiger partial charge < -0.3 is 3.88 Å². The molecular formula is C20H25AlN6. The van der Waals surface area contributed by atoms with Crippen molar-refractivity contribution in [2.45, 2.75) is 32.6 Å². The van der Waals surface area contributed by atoms with Crippen molar-refractivity contribution >= 4 is 16.5 Å². The van der Waals surface area contributed by atoms with Crippen LogP contribution in [0.15, 0.2) is 67.3 Å². The van der Waals surface area contributed by atoms with Crippen molar-refractivity contribution in [1.29, 1.82) is 0 Å². The molecule has 3 aromatic rings. The molecule has 27 heavy (non-hydrogen) atoms. The van der Waals surface area contributed by atoms with Crippen LogP contribution in [0.25, 0.3) is 0 Å². The lowest BCUT2D eigenvalue weighted by Gasteiger charge is -2.32. The summed E-state index contributed by atoms with van der Waals surface area (Å²) < 4.78 is 2.43. The van der Waals surface area contributed by atoms with Crippen molar-refractivity contribution < 1.29 is 0 Å². The molecule has 0 N–H and O–H groups in total. The fourth-order valence-electron chi connectivity index (χ4n) is 3.06. The van der Waals surface area contributed by atoms with Crippen LogP contribution in [0.3, 0.4) is 0 Å². The van der Waals surface area contributed by atoms with Gasteiger partial charge in [-0.1, -0.05) is 12.1 Å². The summed E-state index contributed by atoms with van der Waals surface area (Å²) in [6.45, 7) is 5.60. The van der Waals surface area contributed by atoms with Gasteiger partial charge in [0, 0.05) is 43.9 Å². The Labute approximate surface area is 169 Å². The van der Waals surface area contributed by atoms with Gasteiger partial charge in [0.05, 0.1) is 17.9 Å². The Kier molecular flexibility index (Phi) is 7.43. The Hall–Kier alpha value is -2.17. The Bertz CT molecular complexity index is 746. The molecule has 0 aromatic carbocycles. The maximum absolute atomic E-state index is 4.49. The normalized spacial score (nSPS) is 12.4. The highest BCUT2D eigenvalue weighted by atomic mass is 27.1. The first-order valence-electron chi connectivity index (χ1n) is 9.19. The Morgan fingerprint density at radius 3 is 1.96 bits per heavy atom. The first-order valence-corrected chi connectivity index (χ1v) is 10.1. The van der Waals surface area contributed by atoms with Crippen LogP contribution >= 0.6 is 0 Å². The third-order valence-electron chi connectivity index (χ3n) is 4.41. The van der Waals surface area contributed by atoms with E-state index in [0.717, 1.165) is 53.4 Å². The van der Waals surface area contributed by atoms with E-state index in [4.69, 9.17) is 0 Å². The van der Waals surface area contributed by atoms with Crippen LogP contribution in [0.4, 0.5) is 0 Å². The number of aromatic nitrogens is 4. The molecule has 7 heteroatoms. The zero-order chi connectivity index (χ0) is 18.9. The van der Waals surface area contributed by atoms with E-state index in [1.165, 1.54) is 0 Å². The van der Waals surface area contributed by atoms with E-state index in [2.05, 4.69) is 47.8 Å². The molecule has 138 valence electrons. The summed E-state index contributed by atoms with van der Waals surface area (Å²) in [7, 11) is 0. The average Bonchev–Trinajstić information content (AvgIpc) is 2.70. The number of rotatable bonds is 9. The molecule has 0 amide bonds. The molecule has 0 spiro atoms. The predicted molar refractivity (Wildman–Crippen MR) is 108 cm³/mol. The van der Waals surface area contributed by atoms with Gasteiger partial charge in [-0.2, -0.15) is 0 Å². The molecular weight excluding hydrogens is 351 g/mol. The second-order valence-electron chi connectivity index (χ2n) is 6.76. The molecule has 0 aliphatic rings. The lowest BCUT2D eigenvalue weighted by Crippen LogP contribution is -2.41. The van der Waals surface area contributed by atoms with Crippen LogP contribution < -0.4 is 0 Å². The molecule has 0 radical (unpaired) electrons. The minimum Gasteiger partial charge on any atom is -0.384 e. The van der Waals surface area contributed by atoms with Gasteiger partial charge in [0.25, 0.3) is 0 Å². The quantitative estimate of drug-likeness (QED) is 0.530. The second-order valence-corrected chi connectivity index (χ2v) is 8.02. The van der Waals surface area contributed by atoms with Crippen LogP contribution in [-0.4, -0.2) is 57.8 Å². The minimum atomic E-state index is 0.344. The molecule has 0 fully saturated rings. The highest BCUT2D eigenvalue weighted by Crippen LogP contribution is 2.11. The first kappa shape index (κ1) is 19.6. The summed E-state index contributed by atoms with van der Waals surface area (Å²) >= 11 is 0.983. The van der Waals surface area contributed by atoms with Gasteiger partial charge in [0.15, 0.2) is 0 Å². The zero-order valence-electron chi connectivity index (χ0n) is 15.9. The molecule has 6 nitrogen and oxygen atoms in total. The Balaban J connectivity index is 1.66. The number of hydrogen-bond acceptors (Lipinski definition) is 6. The lowest BCUT2D eigenvalue weighted by atomic mass is 10.2. The highest BCUT2D eigenvalue weighted by molar-refractivity contribution is 6.04. The first-order chi connectivity index (χ1) is 13.2. The van der Waals surface area contributed by atoms with Crippen molar-refractivity contribution in [2.75, 3.05) is 6.54 Å². The molecule has 1 atom stereocenters. The van der Waals surface area contributed by atoms with Crippen molar-refractivity contribution in [2.24, 2.45) is 0 Å². The second kappa shape index (κ2) is 10.2. The Morgan fingerprint density at radius 1 is 0.778 bits per heavy atom. The molecule has 3 heterocycles. The molecule has 3 rings (SSSR count). The maximum atomic E-state index is 4.49. The predicted octanol–water partition coefficient (Wildman–Crippen LogP) is 1.71. The average molecular weight is 376 g/mol. The summed E-state index contributed by atoms with van der Waals surface area (Å²) in [5.41, 5.74) is 2.17. The molecule has 0 aliphatic heterocycles. The van der Waals surface area contributed by atoms with Crippen LogP contribution in [0.2, 0.25) is 0 Å². The van der Waals surface area contributed by atoms with Gasteiger partial charge in [-0.15, -0.1) is 0 Å². The molecule has 0 saturated heterocycles. The molecule has 3 aromatic heterocycles. The number of pyridine rings is 2. The molecule has 0 bridgehead atoms. The lowest BCUT2D eigenvalue weighted by molar-refractivity contribution is 0.159. The molecule has 0 aliphatic carbocycles. The van der Waals surface area contributed by atoms with Gasteiger partial charge in [-0.25, -0.2) is 9.97 Å². The van der Waals surface area contributed by atoms with Crippen LogP contribution in [0.5, 0.6) is 0 Å². The zero-order valence-corrected chi connectivity index (χ0v) is 17.9. The van der Waals surface area contributed by atoms with E-state index in [9.17, 15) is 0 Å². The largest absolute Gasteiger partial charge is 0.384 e. The van der Waals surface area contributed by atoms with Gasteiger partial charge in [0.2, 0.25) is 0 Å². The maximum Gasteiger partial charge on any atom is 0.322 e. The van der Waals surface area contributed by atoms with Crippen LogP contribution in [0.1, 0.15) is 24.1 Å². The van der Waals surface area contributed by atoms with Gasteiger partial charge in [0.1, 0.15) is 5.82 Å². The summed E-state index contributed by atoms with van der Waals surface area (Å²) in [6, 6.07) is 14.3. The topological polar surface area (TPSA) is 58.0 Å². The van der Waals surface area contributed by atoms with Crippen molar-refractivity contribution in [1.82, 2.24) is 28.7 Å². The SMILES string of the molecule is CC(C[N]([AlH2])Cc1ccccn1)N(Cc1ccccn1)Cc1ncccn1. The van der Waals surface area contributed by atoms with E-state index >= 15 is 0 Å². The van der Waals surface area contributed by atoms with E-state index < -0.39 is 0 Å². The highest BCUT2D eigenvalue weighted by Gasteiger charge is 2.18. The van der Waals surface area contributed by atoms with E-state index in [1.807, 2.05) is 42.7 Å². The van der Waals surface area contributed by atoms with Crippen LogP contribution in [-0.2, 0) is 19.6 Å². The van der Waals surface area contributed by atoms with Crippen LogP contribution in [0, 0.1) is 0 Å². The van der Waals surface area contributed by atoms with Crippen molar-refractivity contribution in [3.8, 4) is 0 Å². The minimum absolute atomic E-state index is 0.344. The van der Waals surface area contributed by atoms with Crippen molar-refractivity contribution in [3.05, 3.63) is 84.5 Å². The molecule has 0 saturated carbocycles. The summed E-state index contributed by atoms with van der Waals surface area (Å²) in [4.78, 5) is 20.1. The molecule has 1 unspecified atom stereocenters. The number of nitrogens with zero attached hydrogens (tertiary/aromatic N) is 6. The van der Waals surface area contributed by atoms with E-state index in [1.54, 1.807) is 12.4 Å². The monoisotopic (exact) mass is 376 g/mol. The van der Waals surface area contributed by atoms with Gasteiger partial charge >= 0.3 is 16.5 Å². The van der Waals surface area contributed by atoms with Gasteiger partial charge in [-0.05, 0) is 43.8 Å². The third-order valence-corrected chi connectivity index (χ3v) is 5.09. The smallest absolute Gasteiger partial charge is 0.322 e. The van der Waals surface area contributed by atoms with Gasteiger partial charge in [-0.3, -0.25) is 14.9 Å². The third kappa shape index (κ3) is 6.49. The Morgan fingerprint density at radius 2 is 1.37 bits per heavy atom. The fraction of sp³-hybridized carbons (Fsp3) is 0.300.